The van der Waals surface area contributed by atoms with Crippen LogP contribution in [0.5, 0.6) is 5.75 Å². The zero-order chi connectivity index (χ0) is 12.3. The number of nitrogens with one attached hydrogen (secondary N) is 1. The monoisotopic (exact) mass is 233 g/mol. The molecule has 2 rings (SSSR count). The molecule has 1 aromatic carbocycles. The van der Waals surface area contributed by atoms with Gasteiger partial charge in [-0.2, -0.15) is 0 Å². The minimum Gasteiger partial charge on any atom is -0.507 e. The summed E-state index contributed by atoms with van der Waals surface area (Å²) >= 11 is 0. The standard InChI is InChI=1S/C14H19NO2/c1-15-14(17)12-9-11(7-8-13(12)16)10-5-3-2-4-6-10/h7-10,16H,2-6H2,1H3,(H,15,17). The highest BCUT2D eigenvalue weighted by atomic mass is 16.3. The molecule has 17 heavy (non-hydrogen) atoms. The molecule has 1 aromatic rings. The number of hydrogen-bond acceptors (Lipinski definition) is 2. The molecule has 0 atom stereocenters. The molecule has 3 nitrogen and oxygen atoms in total. The third kappa shape index (κ3) is 2.60. The second kappa shape index (κ2) is 5.21. The van der Waals surface area contributed by atoms with Crippen molar-refractivity contribution in [2.45, 2.75) is 38.0 Å². The summed E-state index contributed by atoms with van der Waals surface area (Å²) in [6.07, 6.45) is 6.23. The molecule has 92 valence electrons. The average Bonchev–Trinajstić information content (AvgIpc) is 2.39. The predicted molar refractivity (Wildman–Crippen MR) is 67.3 cm³/mol. The largest absolute Gasteiger partial charge is 0.507 e. The number of phenolic OH excluding ortho intramolecular Hbond substituents is 1. The summed E-state index contributed by atoms with van der Waals surface area (Å²) in [6.45, 7) is 0. The van der Waals surface area contributed by atoms with Crippen LogP contribution in [0.4, 0.5) is 0 Å². The Morgan fingerprint density at radius 3 is 2.65 bits per heavy atom. The number of hydrogen-bond donors (Lipinski definition) is 2. The lowest BCUT2D eigenvalue weighted by Crippen LogP contribution is -2.18. The summed E-state index contributed by atoms with van der Waals surface area (Å²) in [6, 6.07) is 5.41. The Bertz CT molecular complexity index is 409. The van der Waals surface area contributed by atoms with Crippen LogP contribution in [0.3, 0.4) is 0 Å². The van der Waals surface area contributed by atoms with Gasteiger partial charge in [0.2, 0.25) is 0 Å². The van der Waals surface area contributed by atoms with Crippen molar-refractivity contribution in [2.75, 3.05) is 7.05 Å². The van der Waals surface area contributed by atoms with Crippen LogP contribution in [0.25, 0.3) is 0 Å². The Labute approximate surface area is 102 Å². The van der Waals surface area contributed by atoms with Gasteiger partial charge in [-0.1, -0.05) is 25.3 Å². The number of amides is 1. The van der Waals surface area contributed by atoms with Crippen molar-refractivity contribution >= 4 is 5.91 Å². The maximum absolute atomic E-state index is 11.6. The summed E-state index contributed by atoms with van der Waals surface area (Å²) in [5, 5.41) is 12.2. The summed E-state index contributed by atoms with van der Waals surface area (Å²) in [4.78, 5) is 11.6. The Morgan fingerprint density at radius 2 is 2.00 bits per heavy atom. The van der Waals surface area contributed by atoms with Gasteiger partial charge in [0.15, 0.2) is 0 Å². The van der Waals surface area contributed by atoms with E-state index in [2.05, 4.69) is 5.32 Å². The molecule has 2 N–H and O–H groups in total. The number of carbonyl (C=O) groups excluding carboxylic acids is 1. The molecule has 1 aliphatic carbocycles. The summed E-state index contributed by atoms with van der Waals surface area (Å²) < 4.78 is 0. The highest BCUT2D eigenvalue weighted by Crippen LogP contribution is 2.34. The fourth-order valence-electron chi connectivity index (χ4n) is 2.56. The number of rotatable bonds is 2. The Morgan fingerprint density at radius 1 is 1.29 bits per heavy atom. The van der Waals surface area contributed by atoms with Crippen molar-refractivity contribution in [3.8, 4) is 5.75 Å². The van der Waals surface area contributed by atoms with Crippen LogP contribution >= 0.6 is 0 Å². The molecule has 1 aliphatic rings. The fraction of sp³-hybridized carbons (Fsp3) is 0.500. The SMILES string of the molecule is CNC(=O)c1cc(C2CCCCC2)ccc1O. The van der Waals surface area contributed by atoms with Gasteiger partial charge in [-0.3, -0.25) is 4.79 Å². The predicted octanol–water partition coefficient (Wildman–Crippen LogP) is 2.80. The lowest BCUT2D eigenvalue weighted by Gasteiger charge is -2.22. The first-order valence-electron chi connectivity index (χ1n) is 6.27. The third-order valence-corrected chi connectivity index (χ3v) is 3.57. The van der Waals surface area contributed by atoms with Gasteiger partial charge < -0.3 is 10.4 Å². The van der Waals surface area contributed by atoms with Crippen LogP contribution in [-0.2, 0) is 0 Å². The quantitative estimate of drug-likeness (QED) is 0.825. The van der Waals surface area contributed by atoms with Gasteiger partial charge in [0.25, 0.3) is 5.91 Å². The van der Waals surface area contributed by atoms with Crippen molar-refractivity contribution in [1.82, 2.24) is 5.32 Å². The molecule has 1 fully saturated rings. The average molecular weight is 233 g/mol. The van der Waals surface area contributed by atoms with E-state index in [4.69, 9.17) is 0 Å². The van der Waals surface area contributed by atoms with E-state index in [1.54, 1.807) is 13.1 Å². The van der Waals surface area contributed by atoms with Crippen LogP contribution in [0.2, 0.25) is 0 Å². The molecule has 3 heteroatoms. The minimum atomic E-state index is -0.222. The topological polar surface area (TPSA) is 49.3 Å². The van der Waals surface area contributed by atoms with Crippen LogP contribution in [0.15, 0.2) is 18.2 Å². The zero-order valence-corrected chi connectivity index (χ0v) is 10.2. The van der Waals surface area contributed by atoms with E-state index in [1.807, 2.05) is 12.1 Å². The van der Waals surface area contributed by atoms with Crippen LogP contribution in [-0.4, -0.2) is 18.1 Å². The third-order valence-electron chi connectivity index (χ3n) is 3.57. The van der Waals surface area contributed by atoms with Crippen molar-refractivity contribution in [3.05, 3.63) is 29.3 Å². The van der Waals surface area contributed by atoms with E-state index in [9.17, 15) is 9.90 Å². The molecule has 0 unspecified atom stereocenters. The molecule has 1 saturated carbocycles. The van der Waals surface area contributed by atoms with Crippen LogP contribution in [0.1, 0.15) is 53.9 Å². The summed E-state index contributed by atoms with van der Waals surface area (Å²) in [7, 11) is 1.58. The summed E-state index contributed by atoms with van der Waals surface area (Å²) in [5.41, 5.74) is 1.57. The van der Waals surface area contributed by atoms with Crippen molar-refractivity contribution in [1.29, 1.82) is 0 Å². The molecule has 0 heterocycles. The minimum absolute atomic E-state index is 0.0592. The van der Waals surface area contributed by atoms with E-state index in [0.29, 0.717) is 11.5 Å². The van der Waals surface area contributed by atoms with Crippen molar-refractivity contribution < 1.29 is 9.90 Å². The maximum Gasteiger partial charge on any atom is 0.254 e. The molecule has 1 amide bonds. The number of aromatic hydroxyl groups is 1. The van der Waals surface area contributed by atoms with Crippen LogP contribution in [0, 0.1) is 0 Å². The fourth-order valence-corrected chi connectivity index (χ4v) is 2.56. The Hall–Kier alpha value is -1.51. The Balaban J connectivity index is 2.26. The van der Waals surface area contributed by atoms with Gasteiger partial charge >= 0.3 is 0 Å². The maximum atomic E-state index is 11.6. The normalized spacial score (nSPS) is 16.8. The van der Waals surface area contributed by atoms with Gasteiger partial charge in [0.1, 0.15) is 5.75 Å². The number of carbonyl (C=O) groups is 1. The van der Waals surface area contributed by atoms with Crippen molar-refractivity contribution in [2.24, 2.45) is 0 Å². The molecule has 0 spiro atoms. The van der Waals surface area contributed by atoms with Gasteiger partial charge in [-0.05, 0) is 36.5 Å². The first-order chi connectivity index (χ1) is 8.22. The Kier molecular flexibility index (Phi) is 3.67. The molecule has 0 saturated heterocycles. The number of benzene rings is 1. The molecular weight excluding hydrogens is 214 g/mol. The van der Waals surface area contributed by atoms with Gasteiger partial charge in [-0.15, -0.1) is 0 Å². The molecule has 0 radical (unpaired) electrons. The first kappa shape index (κ1) is 12.0. The zero-order valence-electron chi connectivity index (χ0n) is 10.2. The molecule has 0 bridgehead atoms. The van der Waals surface area contributed by atoms with E-state index in [1.165, 1.54) is 37.7 Å². The van der Waals surface area contributed by atoms with E-state index in [-0.39, 0.29) is 11.7 Å². The van der Waals surface area contributed by atoms with Crippen LogP contribution < -0.4 is 5.32 Å². The highest BCUT2D eigenvalue weighted by Gasteiger charge is 2.18. The summed E-state index contributed by atoms with van der Waals surface area (Å²) in [5.74, 6) is 0.386. The molecule has 0 aromatic heterocycles. The first-order valence-corrected chi connectivity index (χ1v) is 6.27. The smallest absolute Gasteiger partial charge is 0.254 e. The second-order valence-corrected chi connectivity index (χ2v) is 4.69. The molecular formula is C14H19NO2. The highest BCUT2D eigenvalue weighted by molar-refractivity contribution is 5.96. The van der Waals surface area contributed by atoms with Gasteiger partial charge in [0.05, 0.1) is 5.56 Å². The number of phenols is 1. The lowest BCUT2D eigenvalue weighted by molar-refractivity contribution is 0.0960. The van der Waals surface area contributed by atoms with Gasteiger partial charge in [0, 0.05) is 7.05 Å². The van der Waals surface area contributed by atoms with Crippen molar-refractivity contribution in [3.63, 3.8) is 0 Å². The van der Waals surface area contributed by atoms with E-state index >= 15 is 0 Å². The van der Waals surface area contributed by atoms with E-state index in [0.717, 1.165) is 0 Å². The lowest BCUT2D eigenvalue weighted by atomic mass is 9.83. The molecule has 0 aliphatic heterocycles. The van der Waals surface area contributed by atoms with E-state index < -0.39 is 0 Å². The van der Waals surface area contributed by atoms with Gasteiger partial charge in [-0.25, -0.2) is 0 Å². The second-order valence-electron chi connectivity index (χ2n) is 4.69.